The molecule has 1 fully saturated rings. The fourth-order valence-electron chi connectivity index (χ4n) is 3.86. The number of hydrogen-bond donors (Lipinski definition) is 0. The van der Waals surface area contributed by atoms with Gasteiger partial charge in [-0.15, -0.1) is 16.7 Å². The van der Waals surface area contributed by atoms with Crippen LogP contribution in [0.15, 0.2) is 41.2 Å². The average Bonchev–Trinajstić information content (AvgIpc) is 3.35. The molecule has 0 spiro atoms. The normalized spacial score (nSPS) is 15.0. The van der Waals surface area contributed by atoms with Gasteiger partial charge in [-0.25, -0.2) is 18.8 Å². The lowest BCUT2D eigenvalue weighted by molar-refractivity contribution is -0.165. The Morgan fingerprint density at radius 1 is 1.14 bits per heavy atom. The second-order valence-electron chi connectivity index (χ2n) is 9.80. The predicted octanol–water partition coefficient (Wildman–Crippen LogP) is 5.88. The summed E-state index contributed by atoms with van der Waals surface area (Å²) in [7, 11) is 0. The maximum absolute atomic E-state index is 14.2. The molecule has 2 aromatic carbocycles. The molecule has 1 aliphatic heterocycles. The minimum atomic E-state index is -3.12. The molecular weight excluding hydrogens is 624 g/mol. The molecule has 0 N–H and O–H groups in total. The van der Waals surface area contributed by atoms with Crippen molar-refractivity contribution in [2.24, 2.45) is 5.41 Å². The van der Waals surface area contributed by atoms with E-state index in [-0.39, 0.29) is 45.6 Å². The van der Waals surface area contributed by atoms with Crippen LogP contribution in [-0.2, 0) is 32.1 Å². The number of aryl methyl sites for hydroxylation is 1. The number of carbonyl (C=O) groups is 2. The molecule has 1 unspecified atom stereocenters. The molecule has 9 nitrogen and oxygen atoms in total. The Morgan fingerprint density at radius 2 is 1.81 bits per heavy atom. The standard InChI is InChI=1S/C15H14Cl2F3N3O3.C12H14ClNO2/c1-3-26-13(24)10(17)4-8-5-12(11(18)6-9(8)16)23-15(25)22(14(19)20)7(2)21-23;1-12(2)8-16-14(11(12)15)7-9-5-3-4-6-10(9)13/h5-6,10,14H,3-4H2,1-2H3;3-6H,7-8H2,1-2H3. The second-order valence-corrected chi connectivity index (χ2v) is 11.1. The predicted molar refractivity (Wildman–Crippen MR) is 150 cm³/mol. The fraction of sp³-hybridized carbons (Fsp3) is 0.407. The van der Waals surface area contributed by atoms with Gasteiger partial charge in [0, 0.05) is 16.5 Å². The van der Waals surface area contributed by atoms with E-state index in [0.717, 1.165) is 17.7 Å². The van der Waals surface area contributed by atoms with E-state index in [0.29, 0.717) is 22.9 Å². The largest absolute Gasteiger partial charge is 0.465 e. The number of hydrogen-bond acceptors (Lipinski definition) is 6. The number of ether oxygens (including phenoxy) is 1. The highest BCUT2D eigenvalue weighted by Gasteiger charge is 2.40. The minimum absolute atomic E-state index is 0.00687. The highest BCUT2D eigenvalue weighted by Crippen LogP contribution is 2.29. The molecule has 42 heavy (non-hydrogen) atoms. The monoisotopic (exact) mass is 650 g/mol. The van der Waals surface area contributed by atoms with Crippen LogP contribution < -0.4 is 5.69 Å². The van der Waals surface area contributed by atoms with Gasteiger partial charge in [0.25, 0.3) is 5.91 Å². The molecule has 15 heteroatoms. The third-order valence-electron chi connectivity index (χ3n) is 6.12. The van der Waals surface area contributed by atoms with Gasteiger partial charge in [0.2, 0.25) is 0 Å². The Hall–Kier alpha value is -3.06. The summed E-state index contributed by atoms with van der Waals surface area (Å²) in [6.45, 7) is 4.39. The lowest BCUT2D eigenvalue weighted by Crippen LogP contribution is -2.30. The van der Waals surface area contributed by atoms with Crippen molar-refractivity contribution < 1.29 is 32.3 Å². The highest BCUT2D eigenvalue weighted by atomic mass is 35.5. The summed E-state index contributed by atoms with van der Waals surface area (Å²) in [4.78, 5) is 41.0. The van der Waals surface area contributed by atoms with E-state index in [9.17, 15) is 27.6 Å². The summed E-state index contributed by atoms with van der Waals surface area (Å²) in [5.74, 6) is -1.91. The van der Waals surface area contributed by atoms with Crippen molar-refractivity contribution in [1.29, 1.82) is 0 Å². The van der Waals surface area contributed by atoms with Crippen LogP contribution in [-0.4, -0.2) is 49.9 Å². The minimum Gasteiger partial charge on any atom is -0.465 e. The third-order valence-corrected chi connectivity index (χ3v) is 7.17. The lowest BCUT2D eigenvalue weighted by atomic mass is 9.95. The van der Waals surface area contributed by atoms with E-state index in [1.807, 2.05) is 38.1 Å². The van der Waals surface area contributed by atoms with E-state index in [2.05, 4.69) is 5.10 Å². The molecule has 0 radical (unpaired) electrons. The molecule has 1 aromatic heterocycles. The molecule has 1 aliphatic rings. The van der Waals surface area contributed by atoms with E-state index in [4.69, 9.17) is 44.4 Å². The number of carbonyl (C=O) groups excluding carboxylic acids is 2. The third kappa shape index (κ3) is 7.66. The van der Waals surface area contributed by atoms with Gasteiger partial charge in [0.1, 0.15) is 16.9 Å². The lowest BCUT2D eigenvalue weighted by Gasteiger charge is -2.16. The SMILES string of the molecule is CC1(C)CON(Cc2ccccc2Cl)C1=O.CCOC(=O)C(Cl)Cc1cc(-n2nc(C)n(C(F)F)c2=O)c(F)cc1Cl. The molecule has 2 heterocycles. The van der Waals surface area contributed by atoms with Crippen LogP contribution in [0.25, 0.3) is 5.69 Å². The van der Waals surface area contributed by atoms with Gasteiger partial charge in [-0.05, 0) is 57.0 Å². The van der Waals surface area contributed by atoms with Crippen molar-refractivity contribution in [1.82, 2.24) is 19.4 Å². The first kappa shape index (κ1) is 33.4. The summed E-state index contributed by atoms with van der Waals surface area (Å²) < 4.78 is 45.5. The van der Waals surface area contributed by atoms with E-state index in [1.165, 1.54) is 12.0 Å². The number of amides is 1. The maximum Gasteiger partial charge on any atom is 0.355 e. The van der Waals surface area contributed by atoms with Gasteiger partial charge < -0.3 is 4.74 Å². The highest BCUT2D eigenvalue weighted by molar-refractivity contribution is 6.32. The summed E-state index contributed by atoms with van der Waals surface area (Å²) >= 11 is 17.9. The Morgan fingerprint density at radius 3 is 2.36 bits per heavy atom. The Kier molecular flexibility index (Phi) is 11.1. The van der Waals surface area contributed by atoms with Gasteiger partial charge >= 0.3 is 18.2 Å². The van der Waals surface area contributed by atoms with Crippen molar-refractivity contribution >= 4 is 46.7 Å². The number of aromatic nitrogens is 3. The molecule has 0 aliphatic carbocycles. The topological polar surface area (TPSA) is 95.7 Å². The first-order valence-corrected chi connectivity index (χ1v) is 13.8. The first-order valence-electron chi connectivity index (χ1n) is 12.6. The first-order chi connectivity index (χ1) is 19.7. The van der Waals surface area contributed by atoms with Gasteiger partial charge in [-0.3, -0.25) is 14.4 Å². The Balaban J connectivity index is 0.000000258. The van der Waals surface area contributed by atoms with Crippen LogP contribution in [0.3, 0.4) is 0 Å². The van der Waals surface area contributed by atoms with E-state index >= 15 is 0 Å². The van der Waals surface area contributed by atoms with E-state index in [1.54, 1.807) is 6.92 Å². The summed E-state index contributed by atoms with van der Waals surface area (Å²) in [6, 6.07) is 9.49. The van der Waals surface area contributed by atoms with Crippen molar-refractivity contribution in [3.63, 3.8) is 0 Å². The van der Waals surface area contributed by atoms with Crippen LogP contribution in [0, 0.1) is 18.2 Å². The zero-order chi connectivity index (χ0) is 31.4. The quantitative estimate of drug-likeness (QED) is 0.223. The second kappa shape index (κ2) is 13.9. The summed E-state index contributed by atoms with van der Waals surface area (Å²) in [6.07, 6.45) is -0.115. The van der Waals surface area contributed by atoms with Gasteiger partial charge in [0.15, 0.2) is 5.82 Å². The molecule has 4 rings (SSSR count). The zero-order valence-corrected chi connectivity index (χ0v) is 25.3. The van der Waals surface area contributed by atoms with Crippen LogP contribution in [0.4, 0.5) is 13.2 Å². The van der Waals surface area contributed by atoms with Crippen molar-refractivity contribution in [2.45, 2.75) is 52.6 Å². The molecule has 228 valence electrons. The molecule has 0 saturated carbocycles. The number of benzene rings is 2. The van der Waals surface area contributed by atoms with Gasteiger partial charge in [-0.1, -0.05) is 41.4 Å². The molecule has 1 atom stereocenters. The number of nitrogens with zero attached hydrogens (tertiary/aromatic N) is 4. The average molecular weight is 652 g/mol. The summed E-state index contributed by atoms with van der Waals surface area (Å²) in [5.41, 5.74) is -0.897. The fourth-order valence-corrected chi connectivity index (χ4v) is 4.51. The van der Waals surface area contributed by atoms with Crippen molar-refractivity contribution in [3.8, 4) is 5.69 Å². The van der Waals surface area contributed by atoms with Crippen LogP contribution >= 0.6 is 34.8 Å². The van der Waals surface area contributed by atoms with Crippen molar-refractivity contribution in [2.75, 3.05) is 13.2 Å². The van der Waals surface area contributed by atoms with Crippen LogP contribution in [0.1, 0.15) is 44.3 Å². The van der Waals surface area contributed by atoms with Gasteiger partial charge in [0.05, 0.1) is 25.2 Å². The number of rotatable bonds is 8. The summed E-state index contributed by atoms with van der Waals surface area (Å²) in [5, 5.41) is 4.57. The molecule has 1 saturated heterocycles. The van der Waals surface area contributed by atoms with Crippen LogP contribution in [0.2, 0.25) is 10.0 Å². The molecule has 3 aromatic rings. The number of alkyl halides is 3. The number of hydroxylamine groups is 2. The van der Waals surface area contributed by atoms with Gasteiger partial charge in [-0.2, -0.15) is 13.5 Å². The number of esters is 1. The van der Waals surface area contributed by atoms with Crippen molar-refractivity contribution in [3.05, 3.63) is 79.7 Å². The van der Waals surface area contributed by atoms with E-state index < -0.39 is 34.8 Å². The Labute approximate surface area is 254 Å². The molecule has 1 amide bonds. The zero-order valence-electron chi connectivity index (χ0n) is 23.0. The Bertz CT molecular complexity index is 1510. The maximum atomic E-state index is 14.2. The van der Waals surface area contributed by atoms with Crippen LogP contribution in [0.5, 0.6) is 0 Å². The molecule has 0 bridgehead atoms. The smallest absolute Gasteiger partial charge is 0.355 e. The molecular formula is C27H28Cl3F3N4O5. The number of halogens is 6.